The summed E-state index contributed by atoms with van der Waals surface area (Å²) < 4.78 is 0. The average Bonchev–Trinajstić information content (AvgIpc) is 2.28. The first kappa shape index (κ1) is 14.4. The van der Waals surface area contributed by atoms with Crippen molar-refractivity contribution in [1.82, 2.24) is 5.32 Å². The number of rotatable bonds is 4. The molecule has 6 heteroatoms. The van der Waals surface area contributed by atoms with E-state index in [1.165, 1.54) is 18.2 Å². The Balaban J connectivity index is 3.01. The van der Waals surface area contributed by atoms with Crippen LogP contribution in [0.3, 0.4) is 0 Å². The van der Waals surface area contributed by atoms with E-state index in [0.717, 1.165) is 6.42 Å². The van der Waals surface area contributed by atoms with Gasteiger partial charge in [0.15, 0.2) is 0 Å². The minimum atomic E-state index is -0.607. The summed E-state index contributed by atoms with van der Waals surface area (Å²) in [7, 11) is 0. The Morgan fingerprint density at radius 2 is 2.11 bits per heavy atom. The minimum Gasteiger partial charge on any atom is -0.347 e. The second-order valence-electron chi connectivity index (χ2n) is 4.61. The molecule has 0 radical (unpaired) electrons. The lowest BCUT2D eigenvalue weighted by Gasteiger charge is -2.24. The molecular weight excluding hydrogens is 256 g/mol. The second kappa shape index (κ2) is 5.35. The van der Waals surface area contributed by atoms with Crippen molar-refractivity contribution < 1.29 is 9.72 Å². The smallest absolute Gasteiger partial charge is 0.288 e. The van der Waals surface area contributed by atoms with Crippen molar-refractivity contribution in [3.8, 4) is 0 Å². The van der Waals surface area contributed by atoms with Gasteiger partial charge in [-0.3, -0.25) is 14.9 Å². The zero-order valence-corrected chi connectivity index (χ0v) is 11.2. The molecule has 18 heavy (non-hydrogen) atoms. The summed E-state index contributed by atoms with van der Waals surface area (Å²) in [5.41, 5.74) is -0.392. The van der Waals surface area contributed by atoms with Crippen molar-refractivity contribution in [2.45, 2.75) is 32.7 Å². The molecule has 1 aromatic rings. The third-order valence-electron chi connectivity index (χ3n) is 2.74. The highest BCUT2D eigenvalue weighted by Crippen LogP contribution is 2.25. The highest BCUT2D eigenvalue weighted by atomic mass is 35.5. The Kier molecular flexibility index (Phi) is 4.29. The first-order chi connectivity index (χ1) is 8.26. The maximum absolute atomic E-state index is 11.9. The van der Waals surface area contributed by atoms with Crippen molar-refractivity contribution in [3.05, 3.63) is 38.9 Å². The van der Waals surface area contributed by atoms with Crippen LogP contribution in [0, 0.1) is 10.1 Å². The molecule has 0 saturated heterocycles. The molecule has 1 aromatic carbocycles. The van der Waals surface area contributed by atoms with Crippen molar-refractivity contribution in [2.24, 2.45) is 0 Å². The van der Waals surface area contributed by atoms with Crippen LogP contribution >= 0.6 is 11.6 Å². The average molecular weight is 271 g/mol. The van der Waals surface area contributed by atoms with Crippen LogP contribution in [0.15, 0.2) is 18.2 Å². The largest absolute Gasteiger partial charge is 0.347 e. The number of hydrogen-bond donors (Lipinski definition) is 1. The molecular formula is C12H15ClN2O3. The maximum atomic E-state index is 11.9. The van der Waals surface area contributed by atoms with Crippen LogP contribution in [-0.4, -0.2) is 16.4 Å². The molecule has 0 spiro atoms. The second-order valence-corrected chi connectivity index (χ2v) is 5.02. The van der Waals surface area contributed by atoms with Gasteiger partial charge in [-0.1, -0.05) is 18.5 Å². The minimum absolute atomic E-state index is 0.0197. The van der Waals surface area contributed by atoms with Gasteiger partial charge in [-0.25, -0.2) is 0 Å². The number of hydrogen-bond acceptors (Lipinski definition) is 3. The number of carbonyl (C=O) groups excluding carboxylic acids is 1. The Bertz CT molecular complexity index is 486. The fraction of sp³-hybridized carbons (Fsp3) is 0.417. The van der Waals surface area contributed by atoms with Gasteiger partial charge in [-0.2, -0.15) is 0 Å². The van der Waals surface area contributed by atoms with Crippen molar-refractivity contribution in [1.29, 1.82) is 0 Å². The SMILES string of the molecule is CCC(C)(C)NC(=O)c1ccc(Cl)c([N+](=O)[O-])c1. The lowest BCUT2D eigenvalue weighted by atomic mass is 10.0. The highest BCUT2D eigenvalue weighted by Gasteiger charge is 2.21. The molecule has 1 N–H and O–H groups in total. The molecule has 0 aliphatic carbocycles. The van der Waals surface area contributed by atoms with E-state index < -0.39 is 4.92 Å². The molecule has 0 unspecified atom stereocenters. The third-order valence-corrected chi connectivity index (χ3v) is 3.06. The lowest BCUT2D eigenvalue weighted by Crippen LogP contribution is -2.42. The summed E-state index contributed by atoms with van der Waals surface area (Å²) in [6.45, 7) is 5.72. The van der Waals surface area contributed by atoms with E-state index in [4.69, 9.17) is 11.6 Å². The van der Waals surface area contributed by atoms with Crippen molar-refractivity contribution in [3.63, 3.8) is 0 Å². The molecule has 0 aromatic heterocycles. The predicted octanol–water partition coefficient (Wildman–Crippen LogP) is 3.17. The topological polar surface area (TPSA) is 72.2 Å². The van der Waals surface area contributed by atoms with Crippen LogP contribution < -0.4 is 5.32 Å². The highest BCUT2D eigenvalue weighted by molar-refractivity contribution is 6.32. The van der Waals surface area contributed by atoms with E-state index in [1.54, 1.807) is 0 Å². The third kappa shape index (κ3) is 3.43. The van der Waals surface area contributed by atoms with Gasteiger partial charge in [0, 0.05) is 17.2 Å². The predicted molar refractivity (Wildman–Crippen MR) is 69.9 cm³/mol. The van der Waals surface area contributed by atoms with Gasteiger partial charge in [0.2, 0.25) is 0 Å². The summed E-state index contributed by atoms with van der Waals surface area (Å²) in [4.78, 5) is 22.0. The van der Waals surface area contributed by atoms with Crippen LogP contribution in [0.25, 0.3) is 0 Å². The number of nitro benzene ring substituents is 1. The van der Waals surface area contributed by atoms with Crippen molar-refractivity contribution >= 4 is 23.2 Å². The molecule has 0 aliphatic heterocycles. The number of amides is 1. The molecule has 98 valence electrons. The fourth-order valence-corrected chi connectivity index (χ4v) is 1.45. The van der Waals surface area contributed by atoms with E-state index >= 15 is 0 Å². The summed E-state index contributed by atoms with van der Waals surface area (Å²) in [6, 6.07) is 4.01. The van der Waals surface area contributed by atoms with Gasteiger partial charge < -0.3 is 5.32 Å². The van der Waals surface area contributed by atoms with Gasteiger partial charge >= 0.3 is 0 Å². The Morgan fingerprint density at radius 3 is 2.61 bits per heavy atom. The number of benzene rings is 1. The van der Waals surface area contributed by atoms with Crippen LogP contribution in [0.1, 0.15) is 37.6 Å². The van der Waals surface area contributed by atoms with Crippen LogP contribution in [0.2, 0.25) is 5.02 Å². The molecule has 5 nitrogen and oxygen atoms in total. The van der Waals surface area contributed by atoms with E-state index in [1.807, 2.05) is 20.8 Å². The quantitative estimate of drug-likeness (QED) is 0.675. The number of nitrogens with one attached hydrogen (secondary N) is 1. The zero-order valence-electron chi connectivity index (χ0n) is 10.5. The molecule has 0 fully saturated rings. The molecule has 0 heterocycles. The van der Waals surface area contributed by atoms with E-state index in [-0.39, 0.29) is 27.7 Å². The fourth-order valence-electron chi connectivity index (χ4n) is 1.26. The zero-order chi connectivity index (χ0) is 13.9. The summed E-state index contributed by atoms with van der Waals surface area (Å²) >= 11 is 5.68. The molecule has 1 rings (SSSR count). The maximum Gasteiger partial charge on any atom is 0.288 e. The van der Waals surface area contributed by atoms with Gasteiger partial charge in [0.1, 0.15) is 5.02 Å². The Labute approximate surface area is 110 Å². The molecule has 0 aliphatic rings. The van der Waals surface area contributed by atoms with Gasteiger partial charge in [-0.15, -0.1) is 0 Å². The number of nitrogens with zero attached hydrogens (tertiary/aromatic N) is 1. The number of halogens is 1. The first-order valence-electron chi connectivity index (χ1n) is 5.53. The molecule has 0 saturated carbocycles. The van der Waals surface area contributed by atoms with Crippen molar-refractivity contribution in [2.75, 3.05) is 0 Å². The van der Waals surface area contributed by atoms with Gasteiger partial charge in [0.05, 0.1) is 4.92 Å². The normalized spacial score (nSPS) is 11.1. The Morgan fingerprint density at radius 1 is 1.50 bits per heavy atom. The standard InChI is InChI=1S/C12H15ClN2O3/c1-4-12(2,3)14-11(16)8-5-6-9(13)10(7-8)15(17)18/h5-7H,4H2,1-3H3,(H,14,16). The van der Waals surface area contributed by atoms with E-state index in [9.17, 15) is 14.9 Å². The van der Waals surface area contributed by atoms with E-state index in [0.29, 0.717) is 0 Å². The van der Waals surface area contributed by atoms with Crippen LogP contribution in [0.4, 0.5) is 5.69 Å². The molecule has 0 bridgehead atoms. The molecule has 1 amide bonds. The Hall–Kier alpha value is -1.62. The van der Waals surface area contributed by atoms with Gasteiger partial charge in [-0.05, 0) is 32.4 Å². The number of carbonyl (C=O) groups is 1. The summed E-state index contributed by atoms with van der Waals surface area (Å²) in [5, 5.41) is 13.6. The van der Waals surface area contributed by atoms with Crippen LogP contribution in [0.5, 0.6) is 0 Å². The summed E-state index contributed by atoms with van der Waals surface area (Å²) in [6.07, 6.45) is 0.758. The summed E-state index contributed by atoms with van der Waals surface area (Å²) in [5.74, 6) is -0.346. The monoisotopic (exact) mass is 270 g/mol. The lowest BCUT2D eigenvalue weighted by molar-refractivity contribution is -0.384. The first-order valence-corrected chi connectivity index (χ1v) is 5.91. The van der Waals surface area contributed by atoms with Gasteiger partial charge in [0.25, 0.3) is 11.6 Å². The molecule has 0 atom stereocenters. The number of nitro groups is 1. The van der Waals surface area contributed by atoms with Crippen LogP contribution in [-0.2, 0) is 0 Å². The van der Waals surface area contributed by atoms with E-state index in [2.05, 4.69) is 5.32 Å².